The quantitative estimate of drug-likeness (QED) is 0.624. The molecule has 6 heteroatoms. The van der Waals surface area contributed by atoms with Crippen LogP contribution in [0.3, 0.4) is 0 Å². The second-order valence-corrected chi connectivity index (χ2v) is 5.98. The Morgan fingerprint density at radius 2 is 1.52 bits per heavy atom. The van der Waals surface area contributed by atoms with Crippen LogP contribution >= 0.6 is 0 Å². The lowest BCUT2D eigenvalue weighted by Crippen LogP contribution is -2.27. The Kier molecular flexibility index (Phi) is 5.98. The van der Waals surface area contributed by atoms with Crippen LogP contribution < -0.4 is 14.8 Å². The van der Waals surface area contributed by atoms with Crippen molar-refractivity contribution in [1.29, 1.82) is 0 Å². The maximum absolute atomic E-state index is 9.46. The molecular formula is C19H25NO5. The zero-order valence-corrected chi connectivity index (χ0v) is 15.0. The number of aryl methyl sites for hydroxylation is 1. The summed E-state index contributed by atoms with van der Waals surface area (Å²) in [5, 5.41) is 31.4. The number of phenolic OH excluding ortho intramolecular Hbond substituents is 3. The van der Waals surface area contributed by atoms with Gasteiger partial charge in [0.25, 0.3) is 0 Å². The maximum atomic E-state index is 9.46. The van der Waals surface area contributed by atoms with Crippen LogP contribution in [0.5, 0.6) is 28.7 Å². The molecule has 3 rings (SSSR count). The molecule has 6 nitrogen and oxygen atoms in total. The normalized spacial score (nSPS) is 15.6. The van der Waals surface area contributed by atoms with Crippen LogP contribution in [0.1, 0.15) is 29.7 Å². The molecular weight excluding hydrogens is 322 g/mol. The molecule has 0 bridgehead atoms. The first-order chi connectivity index (χ1) is 11.9. The topological polar surface area (TPSA) is 91.2 Å². The van der Waals surface area contributed by atoms with Crippen LogP contribution in [0.15, 0.2) is 24.3 Å². The Balaban J connectivity index is 0.000000181. The van der Waals surface area contributed by atoms with Crippen molar-refractivity contribution in [3.63, 3.8) is 0 Å². The lowest BCUT2D eigenvalue weighted by atomic mass is 9.95. The number of rotatable bonds is 2. The molecule has 0 saturated carbocycles. The highest BCUT2D eigenvalue weighted by Gasteiger charge is 2.17. The van der Waals surface area contributed by atoms with E-state index in [9.17, 15) is 15.3 Å². The van der Waals surface area contributed by atoms with Gasteiger partial charge in [0.05, 0.1) is 14.2 Å². The summed E-state index contributed by atoms with van der Waals surface area (Å²) in [4.78, 5) is 0. The molecule has 136 valence electrons. The van der Waals surface area contributed by atoms with E-state index in [1.807, 2.05) is 6.92 Å². The largest absolute Gasteiger partial charge is 0.504 e. The van der Waals surface area contributed by atoms with E-state index in [1.165, 1.54) is 14.2 Å². The first kappa shape index (κ1) is 18.7. The van der Waals surface area contributed by atoms with E-state index in [4.69, 9.17) is 9.47 Å². The highest BCUT2D eigenvalue weighted by molar-refractivity contribution is 5.52. The summed E-state index contributed by atoms with van der Waals surface area (Å²) in [6, 6.07) is 7.05. The van der Waals surface area contributed by atoms with Crippen molar-refractivity contribution in [3.8, 4) is 28.7 Å². The summed E-state index contributed by atoms with van der Waals surface area (Å²) >= 11 is 0. The highest BCUT2D eigenvalue weighted by Crippen LogP contribution is 2.36. The standard InChI is InChI=1S/C10H13NO2.C9H12O3/c1-6-8-5-10(13)9(12)4-7(8)2-3-11-6;1-6-4-7(11-2)9(10)8(5-6)12-3/h4-6,11-13H,2-3H2,1H3;4-5,10H,1-3H3/t6-;/m0./s1. The SMILES string of the molecule is COc1cc(C)cc(OC)c1O.C[C@@H]1NCCc2cc(O)c(O)cc21. The third-order valence-electron chi connectivity index (χ3n) is 4.17. The number of hydrogen-bond acceptors (Lipinski definition) is 6. The molecule has 0 unspecified atom stereocenters. The minimum atomic E-state index is -0.0331. The van der Waals surface area contributed by atoms with Crippen molar-refractivity contribution >= 4 is 0 Å². The van der Waals surface area contributed by atoms with Crippen molar-refractivity contribution in [2.75, 3.05) is 20.8 Å². The molecule has 0 radical (unpaired) electrons. The number of aromatic hydroxyl groups is 3. The lowest BCUT2D eigenvalue weighted by Gasteiger charge is -2.24. The number of ether oxygens (including phenoxy) is 2. The first-order valence-electron chi connectivity index (χ1n) is 8.07. The van der Waals surface area contributed by atoms with E-state index in [1.54, 1.807) is 24.3 Å². The lowest BCUT2D eigenvalue weighted by molar-refractivity contribution is 0.339. The predicted octanol–water partition coefficient (Wildman–Crippen LogP) is 3.02. The van der Waals surface area contributed by atoms with Gasteiger partial charge in [0.15, 0.2) is 23.0 Å². The number of fused-ring (bicyclic) bond motifs is 1. The fraction of sp³-hybridized carbons (Fsp3) is 0.368. The zero-order chi connectivity index (χ0) is 18.6. The molecule has 0 amide bonds. The molecule has 4 N–H and O–H groups in total. The Bertz CT molecular complexity index is 720. The summed E-state index contributed by atoms with van der Waals surface area (Å²) < 4.78 is 9.88. The van der Waals surface area contributed by atoms with Gasteiger partial charge in [0, 0.05) is 6.04 Å². The van der Waals surface area contributed by atoms with Crippen LogP contribution in [0.2, 0.25) is 0 Å². The minimum absolute atomic E-state index is 0.0205. The van der Waals surface area contributed by atoms with Gasteiger partial charge in [0.2, 0.25) is 5.75 Å². The molecule has 2 aromatic carbocycles. The smallest absolute Gasteiger partial charge is 0.200 e. The van der Waals surface area contributed by atoms with Crippen molar-refractivity contribution in [1.82, 2.24) is 5.32 Å². The molecule has 25 heavy (non-hydrogen) atoms. The predicted molar refractivity (Wildman–Crippen MR) is 95.8 cm³/mol. The minimum Gasteiger partial charge on any atom is -0.504 e. The van der Waals surface area contributed by atoms with Crippen LogP contribution in [0, 0.1) is 6.92 Å². The number of nitrogens with one attached hydrogen (secondary N) is 1. The van der Waals surface area contributed by atoms with Gasteiger partial charge in [-0.25, -0.2) is 0 Å². The van der Waals surface area contributed by atoms with Gasteiger partial charge in [-0.3, -0.25) is 0 Å². The molecule has 1 aliphatic rings. The van der Waals surface area contributed by atoms with Gasteiger partial charge in [-0.2, -0.15) is 0 Å². The fourth-order valence-electron chi connectivity index (χ4n) is 2.81. The van der Waals surface area contributed by atoms with E-state index in [0.29, 0.717) is 11.5 Å². The first-order valence-corrected chi connectivity index (χ1v) is 8.07. The molecule has 0 fully saturated rings. The molecule has 1 heterocycles. The Morgan fingerprint density at radius 1 is 0.960 bits per heavy atom. The molecule has 1 aliphatic heterocycles. The number of hydrogen-bond donors (Lipinski definition) is 4. The summed E-state index contributed by atoms with van der Waals surface area (Å²) in [5.41, 5.74) is 3.20. The third kappa shape index (κ3) is 4.28. The molecule has 0 spiro atoms. The summed E-state index contributed by atoms with van der Waals surface area (Å²) in [5.74, 6) is 0.867. The summed E-state index contributed by atoms with van der Waals surface area (Å²) in [7, 11) is 3.02. The van der Waals surface area contributed by atoms with Gasteiger partial charge in [-0.15, -0.1) is 0 Å². The van der Waals surface area contributed by atoms with Crippen molar-refractivity contribution in [3.05, 3.63) is 41.0 Å². The second-order valence-electron chi connectivity index (χ2n) is 5.98. The second kappa shape index (κ2) is 7.98. The van der Waals surface area contributed by atoms with E-state index in [2.05, 4.69) is 12.2 Å². The fourth-order valence-corrected chi connectivity index (χ4v) is 2.81. The van der Waals surface area contributed by atoms with E-state index in [0.717, 1.165) is 29.7 Å². The zero-order valence-electron chi connectivity index (χ0n) is 15.0. The van der Waals surface area contributed by atoms with Gasteiger partial charge in [-0.05, 0) is 67.8 Å². The number of phenols is 3. The van der Waals surface area contributed by atoms with Gasteiger partial charge >= 0.3 is 0 Å². The summed E-state index contributed by atoms with van der Waals surface area (Å²) in [6.07, 6.45) is 0.910. The van der Waals surface area contributed by atoms with Crippen molar-refractivity contribution in [2.24, 2.45) is 0 Å². The molecule has 0 saturated heterocycles. The Labute approximate surface area is 147 Å². The Morgan fingerprint density at radius 3 is 2.08 bits per heavy atom. The van der Waals surface area contributed by atoms with Crippen LogP contribution in [0.25, 0.3) is 0 Å². The van der Waals surface area contributed by atoms with Gasteiger partial charge in [-0.1, -0.05) is 0 Å². The van der Waals surface area contributed by atoms with E-state index >= 15 is 0 Å². The molecule has 1 atom stereocenters. The van der Waals surface area contributed by atoms with Gasteiger partial charge < -0.3 is 30.1 Å². The highest BCUT2D eigenvalue weighted by atomic mass is 16.5. The number of benzene rings is 2. The summed E-state index contributed by atoms with van der Waals surface area (Å²) in [6.45, 7) is 4.89. The van der Waals surface area contributed by atoms with Crippen LogP contribution in [-0.2, 0) is 6.42 Å². The Hall–Kier alpha value is -2.60. The average Bonchev–Trinajstić information content (AvgIpc) is 2.59. The van der Waals surface area contributed by atoms with E-state index < -0.39 is 0 Å². The maximum Gasteiger partial charge on any atom is 0.200 e. The molecule has 2 aromatic rings. The van der Waals surface area contributed by atoms with Crippen molar-refractivity contribution in [2.45, 2.75) is 26.3 Å². The van der Waals surface area contributed by atoms with Crippen LogP contribution in [-0.4, -0.2) is 36.1 Å². The molecule has 0 aromatic heterocycles. The van der Waals surface area contributed by atoms with Crippen molar-refractivity contribution < 1.29 is 24.8 Å². The number of methoxy groups -OCH3 is 2. The third-order valence-corrected chi connectivity index (χ3v) is 4.17. The monoisotopic (exact) mass is 347 g/mol. The van der Waals surface area contributed by atoms with E-state index in [-0.39, 0.29) is 23.3 Å². The van der Waals surface area contributed by atoms with Gasteiger partial charge in [0.1, 0.15) is 0 Å². The molecule has 0 aliphatic carbocycles. The van der Waals surface area contributed by atoms with Crippen LogP contribution in [0.4, 0.5) is 0 Å². The average molecular weight is 347 g/mol.